The van der Waals surface area contributed by atoms with Gasteiger partial charge in [0.15, 0.2) is 0 Å². The van der Waals surface area contributed by atoms with Crippen LogP contribution in [0.2, 0.25) is 0 Å². The molecule has 2 N–H and O–H groups in total. The summed E-state index contributed by atoms with van der Waals surface area (Å²) in [4.78, 5) is 22.8. The van der Waals surface area contributed by atoms with E-state index in [1.807, 2.05) is 19.1 Å². The lowest BCUT2D eigenvalue weighted by Gasteiger charge is -2.07. The van der Waals surface area contributed by atoms with Crippen LogP contribution in [0, 0.1) is 6.92 Å². The fourth-order valence-electron chi connectivity index (χ4n) is 1.62. The summed E-state index contributed by atoms with van der Waals surface area (Å²) in [5.41, 5.74) is 1.78. The lowest BCUT2D eigenvalue weighted by molar-refractivity contribution is -0.142. The van der Waals surface area contributed by atoms with Gasteiger partial charge in [-0.2, -0.15) is 0 Å². The van der Waals surface area contributed by atoms with Crippen LogP contribution in [0.15, 0.2) is 24.3 Å². The molecular formula is C15H22N2O3. The lowest BCUT2D eigenvalue weighted by Crippen LogP contribution is -2.32. The average Bonchev–Trinajstić information content (AvgIpc) is 2.43. The molecule has 1 rings (SSSR count). The van der Waals surface area contributed by atoms with Gasteiger partial charge >= 0.3 is 5.97 Å². The number of nitrogens with one attached hydrogen (secondary N) is 2. The highest BCUT2D eigenvalue weighted by molar-refractivity contribution is 5.94. The van der Waals surface area contributed by atoms with Gasteiger partial charge in [0.1, 0.15) is 0 Å². The van der Waals surface area contributed by atoms with Crippen molar-refractivity contribution >= 4 is 11.9 Å². The number of carbonyl (C=O) groups is 2. The highest BCUT2D eigenvalue weighted by Gasteiger charge is 2.04. The minimum atomic E-state index is -0.205. The number of benzene rings is 1. The van der Waals surface area contributed by atoms with E-state index in [1.54, 1.807) is 19.1 Å². The Hall–Kier alpha value is -1.88. The van der Waals surface area contributed by atoms with Gasteiger partial charge in [0.05, 0.1) is 13.0 Å². The molecule has 0 fully saturated rings. The highest BCUT2D eigenvalue weighted by Crippen LogP contribution is 2.02. The highest BCUT2D eigenvalue weighted by atomic mass is 16.5. The number of carbonyl (C=O) groups excluding carboxylic acids is 2. The molecule has 0 aromatic heterocycles. The summed E-state index contributed by atoms with van der Waals surface area (Å²) in [5, 5.41) is 5.89. The third-order valence-corrected chi connectivity index (χ3v) is 2.71. The molecule has 0 radical (unpaired) electrons. The molecule has 0 aliphatic rings. The van der Waals surface area contributed by atoms with E-state index in [9.17, 15) is 9.59 Å². The van der Waals surface area contributed by atoms with E-state index < -0.39 is 0 Å². The van der Waals surface area contributed by atoms with Gasteiger partial charge in [0.2, 0.25) is 0 Å². The fraction of sp³-hybridized carbons (Fsp3) is 0.467. The Morgan fingerprint density at radius 3 is 2.45 bits per heavy atom. The predicted molar refractivity (Wildman–Crippen MR) is 77.6 cm³/mol. The first kappa shape index (κ1) is 16.2. The van der Waals surface area contributed by atoms with Crippen molar-refractivity contribution in [2.75, 3.05) is 26.2 Å². The van der Waals surface area contributed by atoms with Crippen molar-refractivity contribution in [3.63, 3.8) is 0 Å². The molecule has 1 aromatic rings. The average molecular weight is 278 g/mol. The second-order valence-corrected chi connectivity index (χ2v) is 4.43. The van der Waals surface area contributed by atoms with Gasteiger partial charge in [-0.3, -0.25) is 9.59 Å². The van der Waals surface area contributed by atoms with Crippen LogP contribution in [0.3, 0.4) is 0 Å². The van der Waals surface area contributed by atoms with Gasteiger partial charge < -0.3 is 15.4 Å². The number of ether oxygens (including phenoxy) is 1. The second kappa shape index (κ2) is 9.09. The van der Waals surface area contributed by atoms with Crippen LogP contribution in [0.5, 0.6) is 0 Å². The molecule has 1 aromatic carbocycles. The number of rotatable bonds is 8. The Morgan fingerprint density at radius 1 is 1.10 bits per heavy atom. The molecule has 0 unspecified atom stereocenters. The van der Waals surface area contributed by atoms with Crippen LogP contribution in [-0.2, 0) is 9.53 Å². The zero-order valence-corrected chi connectivity index (χ0v) is 12.1. The summed E-state index contributed by atoms with van der Waals surface area (Å²) in [6, 6.07) is 7.43. The maximum absolute atomic E-state index is 11.8. The minimum absolute atomic E-state index is 0.0859. The van der Waals surface area contributed by atoms with Crippen molar-refractivity contribution in [1.82, 2.24) is 10.6 Å². The van der Waals surface area contributed by atoms with E-state index in [4.69, 9.17) is 4.74 Å². The van der Waals surface area contributed by atoms with Crippen LogP contribution >= 0.6 is 0 Å². The maximum Gasteiger partial charge on any atom is 0.307 e. The van der Waals surface area contributed by atoms with Gasteiger partial charge in [-0.05, 0) is 26.0 Å². The van der Waals surface area contributed by atoms with Gasteiger partial charge in [-0.15, -0.1) is 0 Å². The van der Waals surface area contributed by atoms with Crippen LogP contribution in [0.1, 0.15) is 29.3 Å². The lowest BCUT2D eigenvalue weighted by atomic mass is 10.1. The molecule has 5 nitrogen and oxygen atoms in total. The first-order chi connectivity index (χ1) is 9.63. The van der Waals surface area contributed by atoms with E-state index >= 15 is 0 Å². The molecule has 20 heavy (non-hydrogen) atoms. The number of esters is 1. The fourth-order valence-corrected chi connectivity index (χ4v) is 1.62. The van der Waals surface area contributed by atoms with Crippen LogP contribution < -0.4 is 10.6 Å². The van der Waals surface area contributed by atoms with Gasteiger partial charge in [0, 0.05) is 25.2 Å². The second-order valence-electron chi connectivity index (χ2n) is 4.43. The Morgan fingerprint density at radius 2 is 1.80 bits per heavy atom. The minimum Gasteiger partial charge on any atom is -0.466 e. The van der Waals surface area contributed by atoms with Crippen LogP contribution in [-0.4, -0.2) is 38.1 Å². The Labute approximate surface area is 119 Å². The molecule has 0 heterocycles. The summed E-state index contributed by atoms with van der Waals surface area (Å²) >= 11 is 0. The first-order valence-corrected chi connectivity index (χ1v) is 6.84. The van der Waals surface area contributed by atoms with E-state index in [0.717, 1.165) is 5.56 Å². The van der Waals surface area contributed by atoms with Crippen molar-refractivity contribution < 1.29 is 14.3 Å². The number of aryl methyl sites for hydroxylation is 1. The molecule has 0 spiro atoms. The molecule has 5 heteroatoms. The van der Waals surface area contributed by atoms with Crippen molar-refractivity contribution in [2.24, 2.45) is 0 Å². The largest absolute Gasteiger partial charge is 0.466 e. The monoisotopic (exact) mass is 278 g/mol. The van der Waals surface area contributed by atoms with E-state index in [1.165, 1.54) is 0 Å². The molecule has 110 valence electrons. The Bertz CT molecular complexity index is 429. The summed E-state index contributed by atoms with van der Waals surface area (Å²) in [7, 11) is 0. The van der Waals surface area contributed by atoms with Crippen molar-refractivity contribution in [3.05, 3.63) is 35.4 Å². The summed E-state index contributed by atoms with van der Waals surface area (Å²) in [6.45, 7) is 5.87. The number of hydrogen-bond donors (Lipinski definition) is 2. The third kappa shape index (κ3) is 6.33. The summed E-state index contributed by atoms with van der Waals surface area (Å²) in [6.07, 6.45) is 0.347. The zero-order chi connectivity index (χ0) is 14.8. The number of hydrogen-bond acceptors (Lipinski definition) is 4. The third-order valence-electron chi connectivity index (χ3n) is 2.71. The smallest absolute Gasteiger partial charge is 0.307 e. The van der Waals surface area contributed by atoms with Crippen LogP contribution in [0.4, 0.5) is 0 Å². The van der Waals surface area contributed by atoms with E-state index in [0.29, 0.717) is 38.2 Å². The molecule has 0 atom stereocenters. The molecule has 0 saturated carbocycles. The summed E-state index contributed by atoms with van der Waals surface area (Å²) < 4.78 is 4.81. The van der Waals surface area contributed by atoms with Gasteiger partial charge in [-0.1, -0.05) is 17.7 Å². The molecule has 1 amide bonds. The topological polar surface area (TPSA) is 67.4 Å². The predicted octanol–water partition coefficient (Wildman–Crippen LogP) is 1.27. The SMILES string of the molecule is CCOC(=O)CCNCCNC(=O)c1ccc(C)cc1. The van der Waals surface area contributed by atoms with Crippen molar-refractivity contribution in [2.45, 2.75) is 20.3 Å². The quantitative estimate of drug-likeness (QED) is 0.555. The Balaban J connectivity index is 2.10. The van der Waals surface area contributed by atoms with Gasteiger partial charge in [-0.25, -0.2) is 0 Å². The number of amides is 1. The standard InChI is InChI=1S/C15H22N2O3/c1-3-20-14(18)8-9-16-10-11-17-15(19)13-6-4-12(2)5-7-13/h4-7,16H,3,8-11H2,1-2H3,(H,17,19). The van der Waals surface area contributed by atoms with Crippen molar-refractivity contribution in [1.29, 1.82) is 0 Å². The van der Waals surface area contributed by atoms with E-state index in [-0.39, 0.29) is 11.9 Å². The van der Waals surface area contributed by atoms with E-state index in [2.05, 4.69) is 10.6 Å². The molecule has 0 aliphatic carbocycles. The van der Waals surface area contributed by atoms with Gasteiger partial charge in [0.25, 0.3) is 5.91 Å². The normalized spacial score (nSPS) is 10.1. The van der Waals surface area contributed by atoms with Crippen molar-refractivity contribution in [3.8, 4) is 0 Å². The Kier molecular flexibility index (Phi) is 7.35. The molecule has 0 saturated heterocycles. The maximum atomic E-state index is 11.8. The summed E-state index contributed by atoms with van der Waals surface area (Å²) in [5.74, 6) is -0.291. The molecule has 0 bridgehead atoms. The first-order valence-electron chi connectivity index (χ1n) is 6.84. The molecule has 0 aliphatic heterocycles. The molecular weight excluding hydrogens is 256 g/mol. The van der Waals surface area contributed by atoms with Crippen LogP contribution in [0.25, 0.3) is 0 Å². The zero-order valence-electron chi connectivity index (χ0n) is 12.1.